The van der Waals surface area contributed by atoms with Crippen molar-refractivity contribution >= 4 is 5.91 Å². The van der Waals surface area contributed by atoms with Gasteiger partial charge in [0.25, 0.3) is 0 Å². The highest BCUT2D eigenvalue weighted by Gasteiger charge is 2.31. The third-order valence-corrected chi connectivity index (χ3v) is 4.89. The van der Waals surface area contributed by atoms with E-state index in [0.29, 0.717) is 0 Å². The lowest BCUT2D eigenvalue weighted by Crippen LogP contribution is -2.57. The minimum Gasteiger partial charge on any atom is -0.368 e. The first-order valence-corrected chi connectivity index (χ1v) is 7.64. The Kier molecular flexibility index (Phi) is 5.98. The average Bonchev–Trinajstić information content (AvgIpc) is 2.38. The van der Waals surface area contributed by atoms with Crippen molar-refractivity contribution in [3.8, 4) is 0 Å². The van der Waals surface area contributed by atoms with Crippen LogP contribution in [-0.2, 0) is 4.79 Å². The monoisotopic (exact) mass is 284 g/mol. The van der Waals surface area contributed by atoms with E-state index < -0.39 is 5.54 Å². The van der Waals surface area contributed by atoms with Gasteiger partial charge in [-0.2, -0.15) is 0 Å². The van der Waals surface area contributed by atoms with Crippen molar-refractivity contribution in [1.82, 2.24) is 15.1 Å². The van der Waals surface area contributed by atoms with E-state index in [1.54, 1.807) is 7.05 Å². The number of primary amides is 1. The van der Waals surface area contributed by atoms with Crippen LogP contribution in [-0.4, -0.2) is 67.1 Å². The number of amides is 1. The molecule has 0 spiro atoms. The molecule has 0 radical (unpaired) electrons. The Morgan fingerprint density at radius 2 is 2.00 bits per heavy atom. The van der Waals surface area contributed by atoms with Crippen molar-refractivity contribution in [1.29, 1.82) is 0 Å². The number of nitrogens with two attached hydrogens (primary N) is 1. The molecule has 3 N–H and O–H groups in total. The van der Waals surface area contributed by atoms with Gasteiger partial charge in [-0.15, -0.1) is 0 Å². The third-order valence-electron chi connectivity index (χ3n) is 4.89. The molecule has 1 aliphatic heterocycles. The maximum atomic E-state index is 11.4. The summed E-state index contributed by atoms with van der Waals surface area (Å²) in [5, 5.41) is 3.04. The second kappa shape index (κ2) is 6.87. The van der Waals surface area contributed by atoms with Crippen LogP contribution >= 0.6 is 0 Å². The van der Waals surface area contributed by atoms with Crippen molar-refractivity contribution in [3.63, 3.8) is 0 Å². The van der Waals surface area contributed by atoms with Gasteiger partial charge in [-0.25, -0.2) is 0 Å². The Morgan fingerprint density at radius 3 is 2.50 bits per heavy atom. The molecule has 0 aliphatic carbocycles. The third kappa shape index (κ3) is 4.43. The molecular weight excluding hydrogens is 252 g/mol. The molecule has 0 aromatic rings. The summed E-state index contributed by atoms with van der Waals surface area (Å²) in [5.41, 5.74) is 5.13. The van der Waals surface area contributed by atoms with Gasteiger partial charge in [0, 0.05) is 25.2 Å². The molecule has 118 valence electrons. The summed E-state index contributed by atoms with van der Waals surface area (Å²) in [6.07, 6.45) is 2.94. The maximum absolute atomic E-state index is 11.4. The number of nitrogens with one attached hydrogen (secondary N) is 1. The Labute approximate surface area is 123 Å². The summed E-state index contributed by atoms with van der Waals surface area (Å²) < 4.78 is 0. The molecule has 1 rings (SSSR count). The van der Waals surface area contributed by atoms with Gasteiger partial charge in [0.15, 0.2) is 0 Å². The smallest absolute Gasteiger partial charge is 0.237 e. The standard InChI is InChI=1S/C15H32N4O/c1-14(2)12-19(11-10-18(14)5)9-7-6-8-15(3,17-4)13(16)20/h17H,6-12H2,1-5H3,(H2,16,20). The van der Waals surface area contributed by atoms with Crippen LogP contribution in [0.3, 0.4) is 0 Å². The van der Waals surface area contributed by atoms with Crippen molar-refractivity contribution in [3.05, 3.63) is 0 Å². The molecule has 1 fully saturated rings. The van der Waals surface area contributed by atoms with Gasteiger partial charge in [-0.05, 0) is 60.7 Å². The predicted octanol–water partition coefficient (Wildman–Crippen LogP) is 0.646. The molecule has 0 saturated carbocycles. The summed E-state index contributed by atoms with van der Waals surface area (Å²) in [6, 6.07) is 0. The molecule has 1 amide bonds. The van der Waals surface area contributed by atoms with Gasteiger partial charge < -0.3 is 16.0 Å². The normalized spacial score (nSPS) is 23.4. The first-order chi connectivity index (χ1) is 9.21. The maximum Gasteiger partial charge on any atom is 0.237 e. The zero-order valence-corrected chi connectivity index (χ0v) is 13.8. The van der Waals surface area contributed by atoms with Crippen LogP contribution in [0.5, 0.6) is 0 Å². The average molecular weight is 284 g/mol. The Bertz CT molecular complexity index is 332. The van der Waals surface area contributed by atoms with E-state index in [-0.39, 0.29) is 11.4 Å². The van der Waals surface area contributed by atoms with E-state index in [0.717, 1.165) is 45.4 Å². The van der Waals surface area contributed by atoms with Gasteiger partial charge in [0.1, 0.15) is 0 Å². The van der Waals surface area contributed by atoms with Crippen LogP contribution in [0.4, 0.5) is 0 Å². The Balaban J connectivity index is 2.30. The van der Waals surface area contributed by atoms with Crippen molar-refractivity contribution in [2.75, 3.05) is 40.3 Å². The quantitative estimate of drug-likeness (QED) is 0.674. The number of carbonyl (C=O) groups is 1. The molecule has 1 aliphatic rings. The van der Waals surface area contributed by atoms with Gasteiger partial charge >= 0.3 is 0 Å². The molecule has 0 aromatic carbocycles. The van der Waals surface area contributed by atoms with Gasteiger partial charge in [-0.1, -0.05) is 0 Å². The van der Waals surface area contributed by atoms with Crippen LogP contribution in [0.25, 0.3) is 0 Å². The largest absolute Gasteiger partial charge is 0.368 e. The summed E-state index contributed by atoms with van der Waals surface area (Å²) >= 11 is 0. The number of likely N-dealkylation sites (N-methyl/N-ethyl adjacent to an activating group) is 2. The van der Waals surface area contributed by atoms with Crippen molar-refractivity contribution in [2.24, 2.45) is 5.73 Å². The zero-order chi connectivity index (χ0) is 15.4. The van der Waals surface area contributed by atoms with Crippen LogP contribution in [0.2, 0.25) is 0 Å². The Hall–Kier alpha value is -0.650. The van der Waals surface area contributed by atoms with E-state index in [1.165, 1.54) is 0 Å². The van der Waals surface area contributed by atoms with E-state index in [9.17, 15) is 4.79 Å². The molecule has 0 bridgehead atoms. The SMILES string of the molecule is CNC(C)(CCCCN1CCN(C)C(C)(C)C1)C(N)=O. The van der Waals surface area contributed by atoms with Crippen LogP contribution in [0, 0.1) is 0 Å². The van der Waals surface area contributed by atoms with Crippen LogP contribution in [0.1, 0.15) is 40.0 Å². The molecule has 1 atom stereocenters. The van der Waals surface area contributed by atoms with Gasteiger partial charge in [-0.3, -0.25) is 9.69 Å². The Morgan fingerprint density at radius 1 is 1.35 bits per heavy atom. The van der Waals surface area contributed by atoms with E-state index in [2.05, 4.69) is 36.0 Å². The molecule has 20 heavy (non-hydrogen) atoms. The molecule has 5 nitrogen and oxygen atoms in total. The fourth-order valence-electron chi connectivity index (χ4n) is 2.72. The lowest BCUT2D eigenvalue weighted by atomic mass is 9.94. The fourth-order valence-corrected chi connectivity index (χ4v) is 2.72. The van der Waals surface area contributed by atoms with Crippen LogP contribution < -0.4 is 11.1 Å². The fraction of sp³-hybridized carbons (Fsp3) is 0.933. The minimum atomic E-state index is -0.568. The zero-order valence-electron chi connectivity index (χ0n) is 13.8. The molecule has 1 unspecified atom stereocenters. The van der Waals surface area contributed by atoms with E-state index in [1.807, 2.05) is 6.92 Å². The highest BCUT2D eigenvalue weighted by molar-refractivity contribution is 5.84. The summed E-state index contributed by atoms with van der Waals surface area (Å²) in [6.45, 7) is 11.0. The number of unbranched alkanes of at least 4 members (excludes halogenated alkanes) is 1. The van der Waals surface area contributed by atoms with Crippen molar-refractivity contribution in [2.45, 2.75) is 51.1 Å². The van der Waals surface area contributed by atoms with E-state index >= 15 is 0 Å². The minimum absolute atomic E-state index is 0.255. The first kappa shape index (κ1) is 17.4. The number of nitrogens with zero attached hydrogens (tertiary/aromatic N) is 2. The van der Waals surface area contributed by atoms with Gasteiger partial charge in [0.2, 0.25) is 5.91 Å². The number of rotatable bonds is 7. The number of hydrogen-bond acceptors (Lipinski definition) is 4. The highest BCUT2D eigenvalue weighted by atomic mass is 16.1. The molecular formula is C15H32N4O. The predicted molar refractivity (Wildman–Crippen MR) is 83.7 cm³/mol. The van der Waals surface area contributed by atoms with Gasteiger partial charge in [0.05, 0.1) is 5.54 Å². The molecule has 1 heterocycles. The first-order valence-electron chi connectivity index (χ1n) is 7.64. The highest BCUT2D eigenvalue weighted by Crippen LogP contribution is 2.20. The van der Waals surface area contributed by atoms with Crippen molar-refractivity contribution < 1.29 is 4.79 Å². The number of piperazine rings is 1. The lowest BCUT2D eigenvalue weighted by Gasteiger charge is -2.45. The second-order valence-corrected chi connectivity index (χ2v) is 6.91. The summed E-state index contributed by atoms with van der Waals surface area (Å²) in [4.78, 5) is 16.4. The second-order valence-electron chi connectivity index (χ2n) is 6.91. The topological polar surface area (TPSA) is 61.6 Å². The van der Waals surface area contributed by atoms with E-state index in [4.69, 9.17) is 5.73 Å². The van der Waals surface area contributed by atoms with Crippen LogP contribution in [0.15, 0.2) is 0 Å². The lowest BCUT2D eigenvalue weighted by molar-refractivity contribution is -0.123. The number of carbonyl (C=O) groups excluding carboxylic acids is 1. The summed E-state index contributed by atoms with van der Waals surface area (Å²) in [7, 11) is 4.00. The number of hydrogen-bond donors (Lipinski definition) is 2. The molecule has 5 heteroatoms. The molecule has 1 saturated heterocycles. The molecule has 0 aromatic heterocycles. The summed E-state index contributed by atoms with van der Waals surface area (Å²) in [5.74, 6) is -0.263.